The summed E-state index contributed by atoms with van der Waals surface area (Å²) in [5.74, 6) is 0. The third-order valence-corrected chi connectivity index (χ3v) is 4.18. The minimum Gasteiger partial charge on any atom is -0.256 e. The quantitative estimate of drug-likeness (QED) is 0.333. The molecule has 1 heteroatoms. The van der Waals surface area contributed by atoms with Crippen molar-refractivity contribution in [2.75, 3.05) is 0 Å². The van der Waals surface area contributed by atoms with Crippen LogP contribution in [0.4, 0.5) is 0 Å². The van der Waals surface area contributed by atoms with Gasteiger partial charge in [-0.3, -0.25) is 4.98 Å². The Kier molecular flexibility index (Phi) is 3.39. The summed E-state index contributed by atoms with van der Waals surface area (Å²) in [5, 5.41) is 3.62. The molecule has 0 atom stereocenters. The summed E-state index contributed by atoms with van der Waals surface area (Å²) in [5.41, 5.74) is 4.75. The molecule has 0 saturated heterocycles. The SMILES string of the molecule is Cc1ccc(/C=C/c2cccc3ccc4cccnc4c23)cc1. The summed E-state index contributed by atoms with van der Waals surface area (Å²) in [6.07, 6.45) is 6.21. The lowest BCUT2D eigenvalue weighted by atomic mass is 10.00. The van der Waals surface area contributed by atoms with Crippen molar-refractivity contribution < 1.29 is 0 Å². The van der Waals surface area contributed by atoms with Gasteiger partial charge in [0.15, 0.2) is 0 Å². The summed E-state index contributed by atoms with van der Waals surface area (Å²) in [4.78, 5) is 4.60. The molecule has 1 heterocycles. The molecule has 0 aliphatic carbocycles. The molecule has 0 radical (unpaired) electrons. The van der Waals surface area contributed by atoms with E-state index in [1.54, 1.807) is 0 Å². The van der Waals surface area contributed by atoms with Gasteiger partial charge in [0.05, 0.1) is 5.52 Å². The fourth-order valence-electron chi connectivity index (χ4n) is 2.94. The van der Waals surface area contributed by atoms with Crippen molar-refractivity contribution in [2.24, 2.45) is 0 Å². The Morgan fingerprint density at radius 2 is 1.52 bits per heavy atom. The van der Waals surface area contributed by atoms with Gasteiger partial charge in [-0.05, 0) is 29.5 Å². The smallest absolute Gasteiger partial charge is 0.0786 e. The van der Waals surface area contributed by atoms with Gasteiger partial charge in [-0.2, -0.15) is 0 Å². The highest BCUT2D eigenvalue weighted by Crippen LogP contribution is 2.28. The maximum absolute atomic E-state index is 4.60. The Morgan fingerprint density at radius 1 is 0.739 bits per heavy atom. The van der Waals surface area contributed by atoms with E-state index in [-0.39, 0.29) is 0 Å². The average molecular weight is 295 g/mol. The number of rotatable bonds is 2. The van der Waals surface area contributed by atoms with Crippen LogP contribution in [0, 0.1) is 6.92 Å². The van der Waals surface area contributed by atoms with E-state index in [1.807, 2.05) is 12.3 Å². The number of aromatic nitrogens is 1. The zero-order chi connectivity index (χ0) is 15.6. The fourth-order valence-corrected chi connectivity index (χ4v) is 2.94. The standard InChI is InChI=1S/C22H17N/c1-16-7-9-17(10-8-16)11-12-18-4-2-5-19-13-14-20-6-3-15-23-22(20)21(18)19/h2-15H,1H3/b12-11+. The first kappa shape index (κ1) is 13.7. The molecule has 1 nitrogen and oxygen atoms in total. The minimum absolute atomic E-state index is 1.06. The molecule has 4 aromatic rings. The van der Waals surface area contributed by atoms with Gasteiger partial charge in [-0.1, -0.05) is 78.4 Å². The van der Waals surface area contributed by atoms with E-state index in [4.69, 9.17) is 0 Å². The van der Waals surface area contributed by atoms with E-state index < -0.39 is 0 Å². The summed E-state index contributed by atoms with van der Waals surface area (Å²) in [6, 6.07) is 23.4. The van der Waals surface area contributed by atoms with Gasteiger partial charge in [-0.25, -0.2) is 0 Å². The van der Waals surface area contributed by atoms with Crippen LogP contribution in [-0.2, 0) is 0 Å². The average Bonchev–Trinajstić information content (AvgIpc) is 2.61. The highest BCUT2D eigenvalue weighted by molar-refractivity contribution is 6.09. The Balaban J connectivity index is 1.89. The normalized spacial score (nSPS) is 11.5. The monoisotopic (exact) mass is 295 g/mol. The first-order chi connectivity index (χ1) is 11.3. The first-order valence-corrected chi connectivity index (χ1v) is 7.82. The molecular weight excluding hydrogens is 278 g/mol. The predicted molar refractivity (Wildman–Crippen MR) is 99.4 cm³/mol. The van der Waals surface area contributed by atoms with E-state index >= 15 is 0 Å². The van der Waals surface area contributed by atoms with E-state index in [1.165, 1.54) is 32.8 Å². The van der Waals surface area contributed by atoms with Crippen molar-refractivity contribution >= 4 is 33.8 Å². The highest BCUT2D eigenvalue weighted by atomic mass is 14.6. The summed E-state index contributed by atoms with van der Waals surface area (Å²) >= 11 is 0. The number of aryl methyl sites for hydroxylation is 1. The fraction of sp³-hybridized carbons (Fsp3) is 0.0455. The number of fused-ring (bicyclic) bond motifs is 3. The van der Waals surface area contributed by atoms with Crippen molar-refractivity contribution in [1.82, 2.24) is 4.98 Å². The third kappa shape index (κ3) is 2.62. The van der Waals surface area contributed by atoms with Crippen LogP contribution in [-0.4, -0.2) is 4.98 Å². The molecule has 0 aliphatic rings. The minimum atomic E-state index is 1.06. The molecule has 0 spiro atoms. The van der Waals surface area contributed by atoms with Gasteiger partial charge < -0.3 is 0 Å². The van der Waals surface area contributed by atoms with Crippen LogP contribution < -0.4 is 0 Å². The Morgan fingerprint density at radius 3 is 2.39 bits per heavy atom. The first-order valence-electron chi connectivity index (χ1n) is 7.82. The molecular formula is C22H17N. The molecule has 23 heavy (non-hydrogen) atoms. The Hall–Kier alpha value is -2.93. The lowest BCUT2D eigenvalue weighted by Gasteiger charge is -2.06. The summed E-state index contributed by atoms with van der Waals surface area (Å²) in [7, 11) is 0. The predicted octanol–water partition coefficient (Wildman–Crippen LogP) is 5.87. The van der Waals surface area contributed by atoms with Crippen LogP contribution in [0.1, 0.15) is 16.7 Å². The van der Waals surface area contributed by atoms with Gasteiger partial charge in [0.25, 0.3) is 0 Å². The van der Waals surface area contributed by atoms with Crippen LogP contribution in [0.15, 0.2) is 72.9 Å². The van der Waals surface area contributed by atoms with Crippen molar-refractivity contribution in [2.45, 2.75) is 6.92 Å². The van der Waals surface area contributed by atoms with E-state index in [0.717, 1.165) is 5.52 Å². The molecule has 0 saturated carbocycles. The topological polar surface area (TPSA) is 12.9 Å². The molecule has 0 bridgehead atoms. The van der Waals surface area contributed by atoms with E-state index in [9.17, 15) is 0 Å². The van der Waals surface area contributed by atoms with Crippen LogP contribution in [0.3, 0.4) is 0 Å². The van der Waals surface area contributed by atoms with Crippen molar-refractivity contribution in [3.05, 3.63) is 89.6 Å². The lowest BCUT2D eigenvalue weighted by molar-refractivity contribution is 1.43. The molecule has 0 N–H and O–H groups in total. The molecule has 3 aromatic carbocycles. The zero-order valence-electron chi connectivity index (χ0n) is 13.0. The number of hydrogen-bond acceptors (Lipinski definition) is 1. The lowest BCUT2D eigenvalue weighted by Crippen LogP contribution is -1.84. The molecule has 0 fully saturated rings. The number of pyridine rings is 1. The zero-order valence-corrected chi connectivity index (χ0v) is 13.0. The van der Waals surface area contributed by atoms with Crippen molar-refractivity contribution in [3.8, 4) is 0 Å². The molecule has 1 aromatic heterocycles. The van der Waals surface area contributed by atoms with Crippen LogP contribution >= 0.6 is 0 Å². The van der Waals surface area contributed by atoms with E-state index in [0.29, 0.717) is 0 Å². The van der Waals surface area contributed by atoms with Gasteiger partial charge in [-0.15, -0.1) is 0 Å². The number of benzene rings is 3. The molecule has 0 aliphatic heterocycles. The molecule has 110 valence electrons. The maximum atomic E-state index is 4.60. The molecule has 0 unspecified atom stereocenters. The molecule has 0 amide bonds. The highest BCUT2D eigenvalue weighted by Gasteiger charge is 2.04. The molecule has 4 rings (SSSR count). The summed E-state index contributed by atoms with van der Waals surface area (Å²) in [6.45, 7) is 2.11. The largest absolute Gasteiger partial charge is 0.256 e. The maximum Gasteiger partial charge on any atom is 0.0786 e. The van der Waals surface area contributed by atoms with Gasteiger partial charge in [0.2, 0.25) is 0 Å². The van der Waals surface area contributed by atoms with Crippen molar-refractivity contribution in [1.29, 1.82) is 0 Å². The van der Waals surface area contributed by atoms with Crippen molar-refractivity contribution in [3.63, 3.8) is 0 Å². The second-order valence-corrected chi connectivity index (χ2v) is 5.83. The Bertz CT molecular complexity index is 1010. The second kappa shape index (κ2) is 5.69. The van der Waals surface area contributed by atoms with Gasteiger partial charge >= 0.3 is 0 Å². The van der Waals surface area contributed by atoms with E-state index in [2.05, 4.69) is 84.7 Å². The van der Waals surface area contributed by atoms with Crippen LogP contribution in [0.25, 0.3) is 33.8 Å². The van der Waals surface area contributed by atoms with Gasteiger partial charge in [0.1, 0.15) is 0 Å². The Labute approximate surface area is 135 Å². The number of nitrogens with zero attached hydrogens (tertiary/aromatic N) is 1. The van der Waals surface area contributed by atoms with Crippen LogP contribution in [0.2, 0.25) is 0 Å². The van der Waals surface area contributed by atoms with Gasteiger partial charge in [0, 0.05) is 17.0 Å². The third-order valence-electron chi connectivity index (χ3n) is 4.18. The summed E-state index contributed by atoms with van der Waals surface area (Å²) < 4.78 is 0. The second-order valence-electron chi connectivity index (χ2n) is 5.83. The number of hydrogen-bond donors (Lipinski definition) is 0. The van der Waals surface area contributed by atoms with Crippen LogP contribution in [0.5, 0.6) is 0 Å².